The molecule has 30 heavy (non-hydrogen) atoms. The largest absolute Gasteiger partial charge is 0.493 e. The Labute approximate surface area is 182 Å². The molecule has 2 aromatic rings. The Bertz CT molecular complexity index is 957. The van der Waals surface area contributed by atoms with Crippen LogP contribution in [0.3, 0.4) is 0 Å². The molecule has 0 aliphatic carbocycles. The van der Waals surface area contributed by atoms with Crippen LogP contribution < -0.4 is 10.1 Å². The van der Waals surface area contributed by atoms with Gasteiger partial charge in [0.15, 0.2) is 0 Å². The summed E-state index contributed by atoms with van der Waals surface area (Å²) in [5, 5.41) is 3.85. The quantitative estimate of drug-likeness (QED) is 0.764. The lowest BCUT2D eigenvalue weighted by molar-refractivity contribution is -0.0358. The van der Waals surface area contributed by atoms with Gasteiger partial charge in [0.1, 0.15) is 11.9 Å². The van der Waals surface area contributed by atoms with E-state index in [-0.39, 0.29) is 12.2 Å². The number of halogens is 1. The molecule has 2 bridgehead atoms. The Morgan fingerprint density at radius 1 is 1.20 bits per heavy atom. The fourth-order valence-corrected chi connectivity index (χ4v) is 5.20. The van der Waals surface area contributed by atoms with Gasteiger partial charge in [0.2, 0.25) is 0 Å². The second-order valence-corrected chi connectivity index (χ2v) is 9.30. The summed E-state index contributed by atoms with van der Waals surface area (Å²) in [7, 11) is 0. The maximum atomic E-state index is 12.8. The highest BCUT2D eigenvalue weighted by Gasteiger charge is 2.39. The summed E-state index contributed by atoms with van der Waals surface area (Å²) in [5.74, 6) is 1.29. The molecule has 2 aromatic carbocycles. The summed E-state index contributed by atoms with van der Waals surface area (Å²) in [6, 6.07) is 13.9. The third kappa shape index (κ3) is 3.77. The Morgan fingerprint density at radius 2 is 2.00 bits per heavy atom. The Balaban J connectivity index is 1.33. The molecule has 0 aromatic heterocycles. The Morgan fingerprint density at radius 3 is 2.73 bits per heavy atom. The highest BCUT2D eigenvalue weighted by molar-refractivity contribution is 6.30. The highest BCUT2D eigenvalue weighted by atomic mass is 35.5. The SMILES string of the molecule is CC1(NC(=O)O[C@@H]2CN3CCC2CC3)CCOc2cc(-c3cccc(Cl)c3)ccc21. The summed E-state index contributed by atoms with van der Waals surface area (Å²) in [6.45, 7) is 5.71. The first-order valence-corrected chi connectivity index (χ1v) is 11.1. The summed E-state index contributed by atoms with van der Waals surface area (Å²) >= 11 is 6.15. The number of piperidine rings is 3. The van der Waals surface area contributed by atoms with Gasteiger partial charge in [-0.2, -0.15) is 0 Å². The molecule has 6 heteroatoms. The number of fused-ring (bicyclic) bond motifs is 4. The lowest BCUT2D eigenvalue weighted by Crippen LogP contribution is -2.54. The fourth-order valence-electron chi connectivity index (χ4n) is 5.01. The van der Waals surface area contributed by atoms with Gasteiger partial charge < -0.3 is 14.8 Å². The average molecular weight is 427 g/mol. The summed E-state index contributed by atoms with van der Waals surface area (Å²) < 4.78 is 11.8. The molecule has 1 unspecified atom stereocenters. The van der Waals surface area contributed by atoms with E-state index in [1.165, 1.54) is 0 Å². The van der Waals surface area contributed by atoms with E-state index >= 15 is 0 Å². The minimum Gasteiger partial charge on any atom is -0.493 e. The zero-order valence-electron chi connectivity index (χ0n) is 17.2. The molecule has 4 heterocycles. The van der Waals surface area contributed by atoms with E-state index in [1.807, 2.05) is 43.3 Å². The van der Waals surface area contributed by atoms with Crippen molar-refractivity contribution in [1.29, 1.82) is 0 Å². The zero-order valence-corrected chi connectivity index (χ0v) is 18.0. The van der Waals surface area contributed by atoms with E-state index in [4.69, 9.17) is 21.1 Å². The predicted molar refractivity (Wildman–Crippen MR) is 117 cm³/mol. The normalized spacial score (nSPS) is 29.6. The van der Waals surface area contributed by atoms with Crippen LogP contribution in [0.1, 0.15) is 31.7 Å². The van der Waals surface area contributed by atoms with Crippen molar-refractivity contribution in [2.45, 2.75) is 37.8 Å². The van der Waals surface area contributed by atoms with Gasteiger partial charge in [-0.05, 0) is 68.1 Å². The number of hydrogen-bond donors (Lipinski definition) is 1. The molecule has 0 radical (unpaired) electrons. The van der Waals surface area contributed by atoms with E-state index in [9.17, 15) is 4.79 Å². The molecule has 4 aliphatic rings. The van der Waals surface area contributed by atoms with Crippen molar-refractivity contribution in [1.82, 2.24) is 10.2 Å². The van der Waals surface area contributed by atoms with E-state index in [1.54, 1.807) is 0 Å². The van der Waals surface area contributed by atoms with Crippen LogP contribution in [0.2, 0.25) is 5.02 Å². The van der Waals surface area contributed by atoms with Crippen molar-refractivity contribution in [2.75, 3.05) is 26.2 Å². The molecule has 0 saturated carbocycles. The molecule has 3 saturated heterocycles. The number of rotatable bonds is 3. The van der Waals surface area contributed by atoms with Crippen LogP contribution >= 0.6 is 11.6 Å². The number of nitrogens with one attached hydrogen (secondary N) is 1. The van der Waals surface area contributed by atoms with E-state index in [0.29, 0.717) is 24.0 Å². The molecular weight excluding hydrogens is 400 g/mol. The Kier molecular flexibility index (Phi) is 5.11. The van der Waals surface area contributed by atoms with Gasteiger partial charge >= 0.3 is 6.09 Å². The zero-order chi connectivity index (χ0) is 20.7. The van der Waals surface area contributed by atoms with Crippen molar-refractivity contribution < 1.29 is 14.3 Å². The highest BCUT2D eigenvalue weighted by Crippen LogP contribution is 2.40. The smallest absolute Gasteiger partial charge is 0.408 e. The van der Waals surface area contributed by atoms with Gasteiger partial charge in [0.25, 0.3) is 0 Å². The van der Waals surface area contributed by atoms with E-state index in [0.717, 1.165) is 54.9 Å². The van der Waals surface area contributed by atoms with Crippen molar-refractivity contribution in [2.24, 2.45) is 5.92 Å². The number of nitrogens with zero attached hydrogens (tertiary/aromatic N) is 1. The second-order valence-electron chi connectivity index (χ2n) is 8.86. The predicted octanol–water partition coefficient (Wildman–Crippen LogP) is 4.83. The van der Waals surface area contributed by atoms with E-state index < -0.39 is 5.54 Å². The van der Waals surface area contributed by atoms with Crippen LogP contribution in [0.25, 0.3) is 11.1 Å². The van der Waals surface area contributed by atoms with Crippen LogP contribution in [0.4, 0.5) is 4.79 Å². The van der Waals surface area contributed by atoms with Crippen LogP contribution in [-0.4, -0.2) is 43.3 Å². The lowest BCUT2D eigenvalue weighted by atomic mass is 9.85. The molecule has 6 rings (SSSR count). The van der Waals surface area contributed by atoms with Crippen molar-refractivity contribution in [3.63, 3.8) is 0 Å². The number of carbonyl (C=O) groups excluding carboxylic acids is 1. The third-order valence-corrected chi connectivity index (χ3v) is 7.06. The monoisotopic (exact) mass is 426 g/mol. The van der Waals surface area contributed by atoms with Gasteiger partial charge in [-0.25, -0.2) is 4.79 Å². The Hall–Kier alpha value is -2.24. The average Bonchev–Trinajstić information content (AvgIpc) is 2.74. The van der Waals surface area contributed by atoms with Crippen LogP contribution in [0.5, 0.6) is 5.75 Å². The number of ether oxygens (including phenoxy) is 2. The number of alkyl carbamates (subject to hydrolysis) is 1. The standard InChI is InChI=1S/C24H27ClN2O3/c1-24(26-23(28)30-22-15-27-10-7-16(22)8-11-27)9-12-29-21-14-18(5-6-20(21)24)17-3-2-4-19(25)13-17/h2-6,13-14,16,22H,7-12,15H2,1H3,(H,26,28)/t22-,24?/m1/s1. The molecular formula is C24H27ClN2O3. The number of benzene rings is 2. The maximum absolute atomic E-state index is 12.8. The topological polar surface area (TPSA) is 50.8 Å². The number of carbonyl (C=O) groups is 1. The maximum Gasteiger partial charge on any atom is 0.408 e. The lowest BCUT2D eigenvalue weighted by Gasteiger charge is -2.44. The van der Waals surface area contributed by atoms with Crippen molar-refractivity contribution in [3.05, 3.63) is 53.1 Å². The minimum atomic E-state index is -0.522. The van der Waals surface area contributed by atoms with Gasteiger partial charge in [-0.15, -0.1) is 0 Å². The molecule has 158 valence electrons. The van der Waals surface area contributed by atoms with Gasteiger partial charge in [-0.1, -0.05) is 35.9 Å². The van der Waals surface area contributed by atoms with Gasteiger partial charge in [0, 0.05) is 23.6 Å². The first-order valence-electron chi connectivity index (χ1n) is 10.7. The van der Waals surface area contributed by atoms with Crippen molar-refractivity contribution in [3.8, 4) is 16.9 Å². The molecule has 3 fully saturated rings. The molecule has 1 N–H and O–H groups in total. The molecule has 0 spiro atoms. The number of hydrogen-bond acceptors (Lipinski definition) is 4. The minimum absolute atomic E-state index is 0.000570. The molecule has 1 amide bonds. The van der Waals surface area contributed by atoms with E-state index in [2.05, 4.69) is 16.3 Å². The fraction of sp³-hybridized carbons (Fsp3) is 0.458. The first kappa shape index (κ1) is 19.7. The summed E-state index contributed by atoms with van der Waals surface area (Å²) in [4.78, 5) is 15.2. The van der Waals surface area contributed by atoms with Crippen molar-refractivity contribution >= 4 is 17.7 Å². The number of amides is 1. The molecule has 4 aliphatic heterocycles. The first-order chi connectivity index (χ1) is 14.5. The molecule has 2 atom stereocenters. The van der Waals surface area contributed by atoms with Crippen LogP contribution in [0.15, 0.2) is 42.5 Å². The van der Waals surface area contributed by atoms with Gasteiger partial charge in [0.05, 0.1) is 12.1 Å². The summed E-state index contributed by atoms with van der Waals surface area (Å²) in [6.07, 6.45) is 2.62. The molecule has 5 nitrogen and oxygen atoms in total. The van der Waals surface area contributed by atoms with Crippen LogP contribution in [-0.2, 0) is 10.3 Å². The summed E-state index contributed by atoms with van der Waals surface area (Å²) in [5.41, 5.74) is 2.53. The second kappa shape index (κ2) is 7.78. The van der Waals surface area contributed by atoms with Gasteiger partial charge in [-0.3, -0.25) is 4.90 Å². The van der Waals surface area contributed by atoms with Crippen LogP contribution in [0, 0.1) is 5.92 Å². The third-order valence-electron chi connectivity index (χ3n) is 6.83.